The third-order valence-corrected chi connectivity index (χ3v) is 1.90. The lowest BCUT2D eigenvalue weighted by Crippen LogP contribution is -2.07. The van der Waals surface area contributed by atoms with Crippen molar-refractivity contribution in [1.29, 1.82) is 0 Å². The number of ether oxygens (including phenoxy) is 1. The van der Waals surface area contributed by atoms with Gasteiger partial charge in [0.25, 0.3) is 0 Å². The highest BCUT2D eigenvalue weighted by molar-refractivity contribution is 7.81. The fourth-order valence-electron chi connectivity index (χ4n) is 0.957. The van der Waals surface area contributed by atoms with E-state index >= 15 is 0 Å². The van der Waals surface area contributed by atoms with Gasteiger partial charge in [-0.2, -0.15) is 8.42 Å². The van der Waals surface area contributed by atoms with Crippen LogP contribution in [0, 0.1) is 6.92 Å². The second kappa shape index (κ2) is 3.85. The van der Waals surface area contributed by atoms with Crippen LogP contribution in [0.4, 0.5) is 0 Å². The molecule has 0 aliphatic heterocycles. The monoisotopic (exact) mass is 218 g/mol. The molecule has 0 amide bonds. The Morgan fingerprint density at radius 3 is 2.43 bits per heavy atom. The Hall–Kier alpha value is -1.27. The summed E-state index contributed by atoms with van der Waals surface area (Å²) in [5.41, 5.74) is 0.893. The van der Waals surface area contributed by atoms with Gasteiger partial charge < -0.3 is 8.92 Å². The fraction of sp³-hybridized carbons (Fsp3) is 0.250. The van der Waals surface area contributed by atoms with Crippen molar-refractivity contribution < 1.29 is 21.9 Å². The largest absolute Gasteiger partial charge is 0.493 e. The first kappa shape index (κ1) is 10.8. The minimum absolute atomic E-state index is 0.0411. The first-order valence-electron chi connectivity index (χ1n) is 3.74. The van der Waals surface area contributed by atoms with E-state index in [9.17, 15) is 8.42 Å². The Bertz CT molecular complexity index is 423. The molecule has 0 heterocycles. The van der Waals surface area contributed by atoms with Gasteiger partial charge in [-0.25, -0.2) is 0 Å². The van der Waals surface area contributed by atoms with Gasteiger partial charge in [0, 0.05) is 0 Å². The van der Waals surface area contributed by atoms with Crippen LogP contribution in [0.1, 0.15) is 5.56 Å². The first-order chi connectivity index (χ1) is 6.42. The van der Waals surface area contributed by atoms with Crippen molar-refractivity contribution in [3.8, 4) is 11.5 Å². The topological polar surface area (TPSA) is 72.8 Å². The highest BCUT2D eigenvalue weighted by Crippen LogP contribution is 2.28. The van der Waals surface area contributed by atoms with E-state index in [1.807, 2.05) is 6.92 Å². The summed E-state index contributed by atoms with van der Waals surface area (Å²) in [4.78, 5) is 0. The molecule has 0 bridgehead atoms. The molecule has 0 saturated carbocycles. The molecule has 0 aliphatic rings. The third-order valence-electron chi connectivity index (χ3n) is 1.51. The van der Waals surface area contributed by atoms with Crippen LogP contribution in [-0.2, 0) is 10.4 Å². The first-order valence-corrected chi connectivity index (χ1v) is 5.10. The molecule has 0 spiro atoms. The zero-order chi connectivity index (χ0) is 10.8. The molecule has 1 aromatic carbocycles. The zero-order valence-corrected chi connectivity index (χ0v) is 8.54. The molecule has 0 unspecified atom stereocenters. The van der Waals surface area contributed by atoms with Crippen LogP contribution in [0.25, 0.3) is 0 Å². The lowest BCUT2D eigenvalue weighted by molar-refractivity contribution is 0.360. The summed E-state index contributed by atoms with van der Waals surface area (Å²) in [6, 6.07) is 4.64. The maximum atomic E-state index is 10.4. The maximum Gasteiger partial charge on any atom is 0.446 e. The number of rotatable bonds is 3. The molecule has 5 nitrogen and oxygen atoms in total. The molecule has 0 saturated heterocycles. The standard InChI is InChI=1S/C8H10O5S/c1-6-3-4-7(8(5-6)12-2)13-14(9,10)11/h3-5H,1-2H3,(H,9,10,11). The zero-order valence-electron chi connectivity index (χ0n) is 7.72. The van der Waals surface area contributed by atoms with Crippen LogP contribution in [-0.4, -0.2) is 20.1 Å². The number of hydrogen-bond donors (Lipinski definition) is 1. The minimum atomic E-state index is -4.50. The predicted molar refractivity (Wildman–Crippen MR) is 49.9 cm³/mol. The van der Waals surface area contributed by atoms with Crippen LogP contribution in [0.15, 0.2) is 18.2 Å². The van der Waals surface area contributed by atoms with Crippen molar-refractivity contribution in [2.45, 2.75) is 6.92 Å². The van der Waals surface area contributed by atoms with Gasteiger partial charge in [0.1, 0.15) is 0 Å². The molecule has 0 atom stereocenters. The van der Waals surface area contributed by atoms with E-state index in [1.54, 1.807) is 12.1 Å². The van der Waals surface area contributed by atoms with Gasteiger partial charge >= 0.3 is 10.4 Å². The summed E-state index contributed by atoms with van der Waals surface area (Å²) in [6.07, 6.45) is 0. The highest BCUT2D eigenvalue weighted by Gasteiger charge is 2.11. The number of aryl methyl sites for hydroxylation is 1. The van der Waals surface area contributed by atoms with Crippen LogP contribution in [0.5, 0.6) is 11.5 Å². The molecule has 0 fully saturated rings. The normalized spacial score (nSPS) is 11.1. The summed E-state index contributed by atoms with van der Waals surface area (Å²) in [7, 11) is -3.12. The molecule has 1 rings (SSSR count). The van der Waals surface area contributed by atoms with Crippen molar-refractivity contribution in [2.24, 2.45) is 0 Å². The number of benzene rings is 1. The van der Waals surface area contributed by atoms with E-state index in [0.29, 0.717) is 0 Å². The second-order valence-electron chi connectivity index (χ2n) is 2.67. The molecule has 1 aromatic rings. The van der Waals surface area contributed by atoms with Gasteiger partial charge in [-0.3, -0.25) is 4.55 Å². The summed E-state index contributed by atoms with van der Waals surface area (Å²) in [5.74, 6) is 0.211. The van der Waals surface area contributed by atoms with E-state index in [1.165, 1.54) is 13.2 Å². The number of methoxy groups -OCH3 is 1. The Morgan fingerprint density at radius 2 is 1.93 bits per heavy atom. The van der Waals surface area contributed by atoms with Crippen LogP contribution in [0.2, 0.25) is 0 Å². The van der Waals surface area contributed by atoms with E-state index in [0.717, 1.165) is 5.56 Å². The maximum absolute atomic E-state index is 10.4. The van der Waals surface area contributed by atoms with Gasteiger partial charge in [0.15, 0.2) is 11.5 Å². The molecule has 6 heteroatoms. The Balaban J connectivity index is 3.09. The van der Waals surface area contributed by atoms with Crippen molar-refractivity contribution in [2.75, 3.05) is 7.11 Å². The predicted octanol–water partition coefficient (Wildman–Crippen LogP) is 1.19. The van der Waals surface area contributed by atoms with E-state index < -0.39 is 10.4 Å². The molecular formula is C8H10O5S. The van der Waals surface area contributed by atoms with E-state index in [2.05, 4.69) is 4.18 Å². The molecule has 14 heavy (non-hydrogen) atoms. The highest BCUT2D eigenvalue weighted by atomic mass is 32.3. The van der Waals surface area contributed by atoms with Crippen LogP contribution >= 0.6 is 0 Å². The van der Waals surface area contributed by atoms with Crippen LogP contribution in [0.3, 0.4) is 0 Å². The van der Waals surface area contributed by atoms with Crippen LogP contribution < -0.4 is 8.92 Å². The lowest BCUT2D eigenvalue weighted by atomic mass is 10.2. The Labute approximate surface area is 82.2 Å². The molecule has 0 radical (unpaired) electrons. The van der Waals surface area contributed by atoms with Crippen molar-refractivity contribution in [3.05, 3.63) is 23.8 Å². The van der Waals surface area contributed by atoms with E-state index in [-0.39, 0.29) is 11.5 Å². The lowest BCUT2D eigenvalue weighted by Gasteiger charge is -2.07. The SMILES string of the molecule is COc1cc(C)ccc1OS(=O)(=O)O. The third kappa shape index (κ3) is 2.90. The Morgan fingerprint density at radius 1 is 1.29 bits per heavy atom. The molecule has 78 valence electrons. The average molecular weight is 218 g/mol. The smallest absolute Gasteiger partial charge is 0.446 e. The molecule has 1 N–H and O–H groups in total. The van der Waals surface area contributed by atoms with Gasteiger partial charge in [-0.1, -0.05) is 6.07 Å². The van der Waals surface area contributed by atoms with Gasteiger partial charge in [-0.05, 0) is 24.6 Å². The van der Waals surface area contributed by atoms with Crippen molar-refractivity contribution >= 4 is 10.4 Å². The average Bonchev–Trinajstić information content (AvgIpc) is 2.06. The summed E-state index contributed by atoms with van der Waals surface area (Å²) in [6.45, 7) is 1.82. The van der Waals surface area contributed by atoms with E-state index in [4.69, 9.17) is 9.29 Å². The van der Waals surface area contributed by atoms with Gasteiger partial charge in [0.05, 0.1) is 7.11 Å². The number of hydrogen-bond acceptors (Lipinski definition) is 4. The summed E-state index contributed by atoms with van der Waals surface area (Å²) >= 11 is 0. The second-order valence-corrected chi connectivity index (χ2v) is 3.69. The Kier molecular flexibility index (Phi) is 2.97. The fourth-order valence-corrected chi connectivity index (χ4v) is 1.32. The summed E-state index contributed by atoms with van der Waals surface area (Å²) < 4.78 is 38.5. The summed E-state index contributed by atoms with van der Waals surface area (Å²) in [5, 5.41) is 0. The molecule has 0 aliphatic carbocycles. The minimum Gasteiger partial charge on any atom is -0.493 e. The quantitative estimate of drug-likeness (QED) is 0.771. The van der Waals surface area contributed by atoms with Gasteiger partial charge in [-0.15, -0.1) is 0 Å². The van der Waals surface area contributed by atoms with Gasteiger partial charge in [0.2, 0.25) is 0 Å². The van der Waals surface area contributed by atoms with Crippen molar-refractivity contribution in [3.63, 3.8) is 0 Å². The molecular weight excluding hydrogens is 208 g/mol. The van der Waals surface area contributed by atoms with Crippen molar-refractivity contribution in [1.82, 2.24) is 0 Å². The molecule has 0 aromatic heterocycles.